The van der Waals surface area contributed by atoms with Crippen molar-refractivity contribution < 1.29 is 27.1 Å². The lowest BCUT2D eigenvalue weighted by molar-refractivity contribution is 0.0473. The molecular formula is C25H22FN3O5S. The Bertz CT molecular complexity index is 1590. The Morgan fingerprint density at radius 3 is 2.34 bits per heavy atom. The number of ketones is 1. The maximum absolute atomic E-state index is 13.4. The molecule has 0 saturated heterocycles. The zero-order valence-electron chi connectivity index (χ0n) is 19.2. The molecule has 2 aromatic carbocycles. The van der Waals surface area contributed by atoms with Crippen LogP contribution in [0.5, 0.6) is 0 Å². The van der Waals surface area contributed by atoms with Crippen molar-refractivity contribution in [2.24, 2.45) is 5.14 Å². The van der Waals surface area contributed by atoms with E-state index in [1.54, 1.807) is 49.6 Å². The zero-order valence-corrected chi connectivity index (χ0v) is 20.0. The molecule has 2 N–H and O–H groups in total. The van der Waals surface area contributed by atoms with Gasteiger partial charge in [0.1, 0.15) is 5.82 Å². The number of carbonyl (C=O) groups is 2. The predicted octanol–water partition coefficient (Wildman–Crippen LogP) is 3.78. The van der Waals surface area contributed by atoms with Gasteiger partial charge >= 0.3 is 5.97 Å². The van der Waals surface area contributed by atoms with E-state index in [2.05, 4.69) is 4.98 Å². The summed E-state index contributed by atoms with van der Waals surface area (Å²) in [6.45, 7) is 4.68. The molecule has 0 spiro atoms. The van der Waals surface area contributed by atoms with E-state index in [1.807, 2.05) is 0 Å². The number of nitrogens with two attached hydrogens (primary N) is 1. The van der Waals surface area contributed by atoms with Gasteiger partial charge in [-0.1, -0.05) is 0 Å². The van der Waals surface area contributed by atoms with E-state index in [4.69, 9.17) is 9.88 Å². The minimum absolute atomic E-state index is 0.0180. The Balaban J connectivity index is 1.53. The summed E-state index contributed by atoms with van der Waals surface area (Å²) in [5.41, 5.74) is 3.34. The molecule has 35 heavy (non-hydrogen) atoms. The number of aryl methyl sites for hydroxylation is 2. The van der Waals surface area contributed by atoms with Crippen LogP contribution in [0.15, 0.2) is 59.5 Å². The van der Waals surface area contributed by atoms with Crippen LogP contribution in [0.4, 0.5) is 4.39 Å². The number of esters is 1. The van der Waals surface area contributed by atoms with Crippen LogP contribution in [0, 0.1) is 26.6 Å². The van der Waals surface area contributed by atoms with Gasteiger partial charge in [0.05, 0.1) is 21.7 Å². The van der Waals surface area contributed by atoms with Gasteiger partial charge in [-0.3, -0.25) is 9.78 Å². The summed E-state index contributed by atoms with van der Waals surface area (Å²) >= 11 is 0. The summed E-state index contributed by atoms with van der Waals surface area (Å²) < 4.78 is 43.5. The summed E-state index contributed by atoms with van der Waals surface area (Å²) in [7, 11) is -3.82. The average Bonchev–Trinajstić information content (AvgIpc) is 3.10. The molecule has 4 aromatic rings. The van der Waals surface area contributed by atoms with Crippen LogP contribution in [0.25, 0.3) is 16.6 Å². The highest BCUT2D eigenvalue weighted by molar-refractivity contribution is 7.89. The Hall–Kier alpha value is -3.89. The molecule has 0 aliphatic heterocycles. The highest BCUT2D eigenvalue weighted by atomic mass is 32.2. The number of fused-ring (bicyclic) bond motifs is 1. The second kappa shape index (κ2) is 9.05. The number of hydrogen-bond acceptors (Lipinski definition) is 6. The fourth-order valence-corrected chi connectivity index (χ4v) is 4.47. The third-order valence-corrected chi connectivity index (χ3v) is 6.61. The first-order valence-corrected chi connectivity index (χ1v) is 12.1. The van der Waals surface area contributed by atoms with Gasteiger partial charge in [0.15, 0.2) is 6.61 Å². The maximum atomic E-state index is 13.4. The summed E-state index contributed by atoms with van der Waals surface area (Å²) in [5, 5.41) is 5.73. The van der Waals surface area contributed by atoms with Crippen LogP contribution < -0.4 is 5.14 Å². The van der Waals surface area contributed by atoms with Crippen molar-refractivity contribution >= 4 is 32.7 Å². The van der Waals surface area contributed by atoms with E-state index < -0.39 is 34.2 Å². The molecule has 2 aromatic heterocycles. The SMILES string of the molecule is Cc1nc2cc(F)ccc2cc1C(=O)OCC(=O)c1cc(C)n(-c2ccc(S(N)(=O)=O)cc2)c1C. The number of hydrogen-bond donors (Lipinski definition) is 1. The molecule has 10 heteroatoms. The molecule has 0 aliphatic carbocycles. The first-order valence-electron chi connectivity index (χ1n) is 10.5. The Morgan fingerprint density at radius 2 is 1.69 bits per heavy atom. The van der Waals surface area contributed by atoms with Crippen molar-refractivity contribution in [2.45, 2.75) is 25.7 Å². The van der Waals surface area contributed by atoms with Crippen LogP contribution in [-0.4, -0.2) is 36.3 Å². The molecule has 0 aliphatic rings. The van der Waals surface area contributed by atoms with Crippen LogP contribution in [-0.2, 0) is 14.8 Å². The lowest BCUT2D eigenvalue weighted by Crippen LogP contribution is -2.16. The number of ether oxygens (including phenoxy) is 1. The monoisotopic (exact) mass is 495 g/mol. The number of pyridine rings is 1. The minimum atomic E-state index is -3.82. The van der Waals surface area contributed by atoms with Crippen molar-refractivity contribution in [3.05, 3.63) is 88.6 Å². The van der Waals surface area contributed by atoms with Gasteiger partial charge in [0, 0.05) is 34.1 Å². The highest BCUT2D eigenvalue weighted by Crippen LogP contribution is 2.23. The molecular weight excluding hydrogens is 473 g/mol. The van der Waals surface area contributed by atoms with Gasteiger partial charge in [-0.05, 0) is 69.3 Å². The number of rotatable bonds is 6. The Kier molecular flexibility index (Phi) is 6.27. The fraction of sp³-hybridized carbons (Fsp3) is 0.160. The molecule has 180 valence electrons. The van der Waals surface area contributed by atoms with E-state index in [9.17, 15) is 22.4 Å². The molecule has 4 rings (SSSR count). The number of primary sulfonamides is 1. The lowest BCUT2D eigenvalue weighted by Gasteiger charge is -2.11. The summed E-state index contributed by atoms with van der Waals surface area (Å²) in [6.07, 6.45) is 0. The summed E-state index contributed by atoms with van der Waals surface area (Å²) in [5.74, 6) is -1.53. The molecule has 0 saturated carbocycles. The van der Waals surface area contributed by atoms with Crippen LogP contribution in [0.1, 0.15) is 37.8 Å². The number of carbonyl (C=O) groups excluding carboxylic acids is 2. The quantitative estimate of drug-likeness (QED) is 0.321. The lowest BCUT2D eigenvalue weighted by atomic mass is 10.1. The number of Topliss-reactive ketones (excluding diaryl/α,β-unsaturated/α-hetero) is 1. The molecule has 0 fully saturated rings. The van der Waals surface area contributed by atoms with E-state index >= 15 is 0 Å². The van der Waals surface area contributed by atoms with Crippen molar-refractivity contribution in [1.29, 1.82) is 0 Å². The van der Waals surface area contributed by atoms with Crippen molar-refractivity contribution in [1.82, 2.24) is 9.55 Å². The molecule has 0 unspecified atom stereocenters. The first kappa shape index (κ1) is 24.2. The number of nitrogens with zero attached hydrogens (tertiary/aromatic N) is 2. The second-order valence-corrected chi connectivity index (χ2v) is 9.68. The van der Waals surface area contributed by atoms with E-state index in [-0.39, 0.29) is 10.5 Å². The van der Waals surface area contributed by atoms with Crippen molar-refractivity contribution in [2.75, 3.05) is 6.61 Å². The first-order chi connectivity index (χ1) is 16.5. The fourth-order valence-electron chi connectivity index (χ4n) is 3.96. The molecule has 8 nitrogen and oxygen atoms in total. The minimum Gasteiger partial charge on any atom is -0.454 e. The Morgan fingerprint density at radius 1 is 1.00 bits per heavy atom. The number of halogens is 1. The van der Waals surface area contributed by atoms with Gasteiger partial charge < -0.3 is 9.30 Å². The van der Waals surface area contributed by atoms with Crippen LogP contribution >= 0.6 is 0 Å². The van der Waals surface area contributed by atoms with Crippen molar-refractivity contribution in [3.63, 3.8) is 0 Å². The van der Waals surface area contributed by atoms with E-state index in [0.29, 0.717) is 33.5 Å². The highest BCUT2D eigenvalue weighted by Gasteiger charge is 2.20. The third-order valence-electron chi connectivity index (χ3n) is 5.68. The topological polar surface area (TPSA) is 121 Å². The zero-order chi connectivity index (χ0) is 25.5. The number of aromatic nitrogens is 2. The molecule has 0 atom stereocenters. The van der Waals surface area contributed by atoms with Gasteiger partial charge in [0.25, 0.3) is 0 Å². The van der Waals surface area contributed by atoms with Gasteiger partial charge in [-0.15, -0.1) is 0 Å². The third kappa shape index (κ3) is 4.84. The van der Waals surface area contributed by atoms with Gasteiger partial charge in [-0.25, -0.2) is 22.7 Å². The standard InChI is InChI=1S/C25H22FN3O5S/c1-14-10-22(16(3)29(14)19-6-8-20(9-7-19)35(27,32)33)24(30)13-34-25(31)21-11-17-4-5-18(26)12-23(17)28-15(21)2/h4-12H,13H2,1-3H3,(H2,27,32,33). The number of sulfonamides is 1. The average molecular weight is 496 g/mol. The largest absolute Gasteiger partial charge is 0.454 e. The summed E-state index contributed by atoms with van der Waals surface area (Å²) in [4.78, 5) is 29.8. The normalized spacial score (nSPS) is 11.6. The molecule has 0 radical (unpaired) electrons. The number of benzene rings is 2. The van der Waals surface area contributed by atoms with Crippen LogP contribution in [0.2, 0.25) is 0 Å². The maximum Gasteiger partial charge on any atom is 0.340 e. The van der Waals surface area contributed by atoms with Gasteiger partial charge in [0.2, 0.25) is 15.8 Å². The van der Waals surface area contributed by atoms with E-state index in [0.717, 1.165) is 5.69 Å². The second-order valence-electron chi connectivity index (χ2n) is 8.12. The van der Waals surface area contributed by atoms with E-state index in [1.165, 1.54) is 30.3 Å². The smallest absolute Gasteiger partial charge is 0.340 e. The molecule has 2 heterocycles. The molecule has 0 amide bonds. The van der Waals surface area contributed by atoms with Crippen molar-refractivity contribution in [3.8, 4) is 5.69 Å². The van der Waals surface area contributed by atoms with Crippen LogP contribution in [0.3, 0.4) is 0 Å². The Labute approximate surface area is 201 Å². The molecule has 0 bridgehead atoms. The van der Waals surface area contributed by atoms with Gasteiger partial charge in [-0.2, -0.15) is 0 Å². The predicted molar refractivity (Wildman–Crippen MR) is 128 cm³/mol. The summed E-state index contributed by atoms with van der Waals surface area (Å²) in [6, 6.07) is 13.3.